The van der Waals surface area contributed by atoms with Gasteiger partial charge in [0.05, 0.1) is 29.8 Å². The van der Waals surface area contributed by atoms with E-state index >= 15 is 0 Å². The molecule has 4 aromatic rings. The van der Waals surface area contributed by atoms with Gasteiger partial charge in [-0.2, -0.15) is 8.78 Å². The lowest BCUT2D eigenvalue weighted by Gasteiger charge is -2.30. The molecule has 1 fully saturated rings. The molecular weight excluding hydrogens is 475 g/mol. The van der Waals surface area contributed by atoms with Crippen LogP contribution in [0, 0.1) is 5.82 Å². The van der Waals surface area contributed by atoms with Gasteiger partial charge >= 0.3 is 6.43 Å². The van der Waals surface area contributed by atoms with Gasteiger partial charge < -0.3 is 14.5 Å². The number of morpholine rings is 1. The summed E-state index contributed by atoms with van der Waals surface area (Å²) in [6.45, 7) is 5.35. The molecule has 1 N–H and O–H groups in total. The number of ether oxygens (including phenoxy) is 1. The van der Waals surface area contributed by atoms with Gasteiger partial charge in [-0.25, -0.2) is 14.4 Å². The molecule has 4 heterocycles. The highest BCUT2D eigenvalue weighted by molar-refractivity contribution is 5.63. The van der Waals surface area contributed by atoms with E-state index in [0.717, 1.165) is 37.9 Å². The van der Waals surface area contributed by atoms with Crippen molar-refractivity contribution < 1.29 is 22.3 Å². The van der Waals surface area contributed by atoms with Crippen molar-refractivity contribution in [3.05, 3.63) is 66.1 Å². The van der Waals surface area contributed by atoms with E-state index in [4.69, 9.17) is 9.15 Å². The lowest BCUT2D eigenvalue weighted by molar-refractivity contribution is -0.0212. The summed E-state index contributed by atoms with van der Waals surface area (Å²) in [6.07, 6.45) is 0.684. The second kappa shape index (κ2) is 10.4. The molecule has 0 amide bonds. The van der Waals surface area contributed by atoms with Crippen LogP contribution in [0.5, 0.6) is 0 Å². The molecule has 1 saturated heterocycles. The largest absolute Gasteiger partial charge is 0.415 e. The van der Waals surface area contributed by atoms with Crippen LogP contribution in [-0.2, 0) is 11.3 Å². The van der Waals surface area contributed by atoms with Crippen molar-refractivity contribution in [2.75, 3.05) is 25.0 Å². The van der Waals surface area contributed by atoms with Crippen molar-refractivity contribution in [1.82, 2.24) is 30.0 Å². The van der Waals surface area contributed by atoms with E-state index in [1.165, 1.54) is 12.1 Å². The molecule has 0 radical (unpaired) electrons. The van der Waals surface area contributed by atoms with Crippen LogP contribution in [0.4, 0.5) is 24.8 Å². The fourth-order valence-electron chi connectivity index (χ4n) is 3.83. The van der Waals surface area contributed by atoms with Crippen molar-refractivity contribution >= 4 is 11.6 Å². The average Bonchev–Trinajstić information content (AvgIpc) is 3.37. The van der Waals surface area contributed by atoms with Crippen molar-refractivity contribution in [3.8, 4) is 22.8 Å². The maximum atomic E-state index is 14.7. The number of nitrogens with zero attached hydrogens (tertiary/aromatic N) is 6. The summed E-state index contributed by atoms with van der Waals surface area (Å²) < 4.78 is 50.5. The Kier molecular flexibility index (Phi) is 6.87. The molecule has 0 bridgehead atoms. The monoisotopic (exact) mass is 497 g/mol. The van der Waals surface area contributed by atoms with E-state index in [-0.39, 0.29) is 29.2 Å². The highest BCUT2D eigenvalue weighted by Crippen LogP contribution is 2.27. The van der Waals surface area contributed by atoms with E-state index in [1.807, 2.05) is 18.3 Å². The first-order valence-corrected chi connectivity index (χ1v) is 11.3. The molecule has 0 aliphatic carbocycles. The van der Waals surface area contributed by atoms with Gasteiger partial charge in [0.25, 0.3) is 5.89 Å². The Hall–Kier alpha value is -3.90. The minimum Gasteiger partial charge on any atom is -0.415 e. The Morgan fingerprint density at radius 3 is 2.72 bits per heavy atom. The van der Waals surface area contributed by atoms with Crippen molar-refractivity contribution in [2.45, 2.75) is 26.0 Å². The second-order valence-electron chi connectivity index (χ2n) is 8.30. The van der Waals surface area contributed by atoms with E-state index < -0.39 is 18.1 Å². The second-order valence-corrected chi connectivity index (χ2v) is 8.30. The molecule has 1 aliphatic heterocycles. The summed E-state index contributed by atoms with van der Waals surface area (Å²) in [7, 11) is 0. The Morgan fingerprint density at radius 2 is 2.00 bits per heavy atom. The van der Waals surface area contributed by atoms with E-state index in [9.17, 15) is 13.2 Å². The molecule has 0 saturated carbocycles. The topological polar surface area (TPSA) is 102 Å². The smallest absolute Gasteiger partial charge is 0.314 e. The fourth-order valence-corrected chi connectivity index (χ4v) is 3.83. The lowest BCUT2D eigenvalue weighted by Crippen LogP contribution is -2.40. The van der Waals surface area contributed by atoms with Crippen LogP contribution in [0.25, 0.3) is 22.8 Å². The predicted octanol–water partition coefficient (Wildman–Crippen LogP) is 4.63. The first kappa shape index (κ1) is 23.8. The SMILES string of the molecule is C[C@H]1CN(Cc2ccc(-c3ccnc(Nc4ccc(-c5nnc(C(F)F)o5)cc4F)n3)nc2)CCO1. The average molecular weight is 497 g/mol. The summed E-state index contributed by atoms with van der Waals surface area (Å²) in [5, 5.41) is 9.60. The number of anilines is 2. The normalized spacial score (nSPS) is 16.4. The standard InChI is InChI=1S/C24H22F3N7O2/c1-14-12-34(8-9-35-14)13-15-2-4-19(29-11-15)20-6-7-28-24(31-20)30-18-5-3-16(10-17(18)25)22-32-33-23(36-22)21(26)27/h2-7,10-11,14,21H,8-9,12-13H2,1H3,(H,28,30,31)/t14-/m0/s1. The quantitative estimate of drug-likeness (QED) is 0.392. The van der Waals surface area contributed by atoms with Gasteiger partial charge in [0.15, 0.2) is 0 Å². The van der Waals surface area contributed by atoms with E-state index in [0.29, 0.717) is 11.4 Å². The zero-order chi connectivity index (χ0) is 25.1. The van der Waals surface area contributed by atoms with Crippen LogP contribution in [-0.4, -0.2) is 55.8 Å². The summed E-state index contributed by atoms with van der Waals surface area (Å²) in [5.74, 6) is -1.52. The third-order valence-electron chi connectivity index (χ3n) is 5.56. The zero-order valence-corrected chi connectivity index (χ0v) is 19.2. The van der Waals surface area contributed by atoms with Crippen LogP contribution < -0.4 is 5.32 Å². The Morgan fingerprint density at radius 1 is 1.11 bits per heavy atom. The molecule has 5 rings (SSSR count). The molecule has 1 aromatic carbocycles. The van der Waals surface area contributed by atoms with Gasteiger partial charge in [-0.15, -0.1) is 10.2 Å². The minimum absolute atomic E-state index is 0.0903. The highest BCUT2D eigenvalue weighted by Gasteiger charge is 2.19. The van der Waals surface area contributed by atoms with Crippen LogP contribution in [0.1, 0.15) is 24.8 Å². The lowest BCUT2D eigenvalue weighted by atomic mass is 10.2. The summed E-state index contributed by atoms with van der Waals surface area (Å²) in [6, 6.07) is 9.59. The van der Waals surface area contributed by atoms with E-state index in [2.05, 4.69) is 42.3 Å². The van der Waals surface area contributed by atoms with Crippen molar-refractivity contribution in [1.29, 1.82) is 0 Å². The minimum atomic E-state index is -2.90. The fraction of sp³-hybridized carbons (Fsp3) is 0.292. The molecule has 1 aliphatic rings. The number of hydrogen-bond donors (Lipinski definition) is 1. The number of aromatic nitrogens is 5. The maximum Gasteiger partial charge on any atom is 0.314 e. The van der Waals surface area contributed by atoms with Gasteiger partial charge in [-0.3, -0.25) is 9.88 Å². The van der Waals surface area contributed by atoms with Gasteiger partial charge in [-0.05, 0) is 42.8 Å². The van der Waals surface area contributed by atoms with Crippen molar-refractivity contribution in [3.63, 3.8) is 0 Å². The third-order valence-corrected chi connectivity index (χ3v) is 5.56. The summed E-state index contributed by atoms with van der Waals surface area (Å²) >= 11 is 0. The number of alkyl halides is 2. The van der Waals surface area contributed by atoms with Gasteiger partial charge in [-0.1, -0.05) is 6.07 Å². The van der Waals surface area contributed by atoms with E-state index in [1.54, 1.807) is 12.3 Å². The predicted molar refractivity (Wildman–Crippen MR) is 124 cm³/mol. The zero-order valence-electron chi connectivity index (χ0n) is 19.2. The number of pyridine rings is 1. The van der Waals surface area contributed by atoms with Gasteiger partial charge in [0, 0.05) is 37.6 Å². The summed E-state index contributed by atoms with van der Waals surface area (Å²) in [4.78, 5) is 15.4. The van der Waals surface area contributed by atoms with Crippen LogP contribution >= 0.6 is 0 Å². The molecule has 36 heavy (non-hydrogen) atoms. The first-order chi connectivity index (χ1) is 17.4. The van der Waals surface area contributed by atoms with Gasteiger partial charge in [0.2, 0.25) is 11.8 Å². The molecule has 9 nitrogen and oxygen atoms in total. The molecule has 0 spiro atoms. The molecule has 12 heteroatoms. The van der Waals surface area contributed by atoms with Gasteiger partial charge in [0.1, 0.15) is 5.82 Å². The molecule has 1 atom stereocenters. The molecule has 186 valence electrons. The summed E-state index contributed by atoms with van der Waals surface area (Å²) in [5.41, 5.74) is 2.57. The number of benzene rings is 1. The van der Waals surface area contributed by atoms with Crippen LogP contribution in [0.2, 0.25) is 0 Å². The number of nitrogens with one attached hydrogen (secondary N) is 1. The van der Waals surface area contributed by atoms with Crippen molar-refractivity contribution in [2.24, 2.45) is 0 Å². The highest BCUT2D eigenvalue weighted by atomic mass is 19.3. The Labute approximate surface area is 204 Å². The van der Waals surface area contributed by atoms with Crippen LogP contribution in [0.3, 0.4) is 0 Å². The number of rotatable bonds is 7. The Balaban J connectivity index is 1.27. The third kappa shape index (κ3) is 5.50. The molecule has 0 unspecified atom stereocenters. The molecular formula is C24H22F3N7O2. The maximum absolute atomic E-state index is 14.7. The number of hydrogen-bond acceptors (Lipinski definition) is 9. The number of halogens is 3. The van der Waals surface area contributed by atoms with Crippen LogP contribution in [0.15, 0.2) is 53.2 Å². The molecule has 3 aromatic heterocycles. The first-order valence-electron chi connectivity index (χ1n) is 11.3. The Bertz CT molecular complexity index is 1330.